The summed E-state index contributed by atoms with van der Waals surface area (Å²) in [4.78, 5) is 11.1. The largest absolute Gasteiger partial charge is 0.497 e. The molecule has 0 saturated heterocycles. The lowest BCUT2D eigenvalue weighted by Gasteiger charge is -2.20. The summed E-state index contributed by atoms with van der Waals surface area (Å²) in [6, 6.07) is 14.3. The molecule has 3 N–H and O–H groups in total. The Morgan fingerprint density at radius 2 is 1.68 bits per heavy atom. The fourth-order valence-electron chi connectivity index (χ4n) is 3.28. The molecule has 11 heteroatoms. The van der Waals surface area contributed by atoms with Crippen molar-refractivity contribution in [2.45, 2.75) is 22.4 Å². The molecule has 0 bridgehead atoms. The molecule has 0 fully saturated rings. The molecular weight excluding hydrogens is 475 g/mol. The number of methoxy groups -OCH3 is 1. The van der Waals surface area contributed by atoms with Gasteiger partial charge in [-0.1, -0.05) is 30.3 Å². The Morgan fingerprint density at radius 3 is 2.21 bits per heavy atom. The Labute approximate surface area is 193 Å². The van der Waals surface area contributed by atoms with E-state index in [-0.39, 0.29) is 16.9 Å². The first-order valence-electron chi connectivity index (χ1n) is 9.75. The van der Waals surface area contributed by atoms with Crippen LogP contribution in [0.4, 0.5) is 18.9 Å². The van der Waals surface area contributed by atoms with E-state index < -0.39 is 50.5 Å². The number of carboxylic acids is 1. The summed E-state index contributed by atoms with van der Waals surface area (Å²) in [5.41, 5.74) is 5.26. The molecule has 0 heterocycles. The van der Waals surface area contributed by atoms with Crippen molar-refractivity contribution in [3.05, 3.63) is 77.4 Å². The molecule has 7 nitrogen and oxygen atoms in total. The van der Waals surface area contributed by atoms with Crippen molar-refractivity contribution in [3.8, 4) is 11.5 Å². The molecule has 0 aliphatic rings. The Kier molecular flexibility index (Phi) is 7.06. The minimum atomic E-state index is -4.77. The van der Waals surface area contributed by atoms with Crippen LogP contribution in [0.2, 0.25) is 0 Å². The highest BCUT2D eigenvalue weighted by atomic mass is 32.2. The number of sulfone groups is 1. The van der Waals surface area contributed by atoms with Gasteiger partial charge in [0.15, 0.2) is 6.61 Å². The van der Waals surface area contributed by atoms with Crippen molar-refractivity contribution in [2.75, 3.05) is 19.5 Å². The zero-order chi connectivity index (χ0) is 25.1. The third kappa shape index (κ3) is 5.42. The van der Waals surface area contributed by atoms with Crippen molar-refractivity contribution < 1.29 is 41.0 Å². The molecule has 0 amide bonds. The van der Waals surface area contributed by atoms with Gasteiger partial charge in [0, 0.05) is 12.0 Å². The molecule has 0 saturated carbocycles. The van der Waals surface area contributed by atoms with Crippen LogP contribution >= 0.6 is 0 Å². The molecule has 180 valence electrons. The number of carboxylic acid groups (broad SMARTS) is 1. The summed E-state index contributed by atoms with van der Waals surface area (Å²) in [6.07, 6.45) is -4.92. The van der Waals surface area contributed by atoms with E-state index in [1.54, 1.807) is 30.3 Å². The van der Waals surface area contributed by atoms with Gasteiger partial charge in [-0.3, -0.25) is 0 Å². The number of nitrogens with two attached hydrogens (primary N) is 1. The van der Waals surface area contributed by atoms with Crippen LogP contribution in [-0.2, 0) is 16.3 Å². The molecule has 0 atom stereocenters. The predicted molar refractivity (Wildman–Crippen MR) is 117 cm³/mol. The van der Waals surface area contributed by atoms with Crippen LogP contribution in [0.1, 0.15) is 21.5 Å². The Hall–Kier alpha value is -3.73. The van der Waals surface area contributed by atoms with Gasteiger partial charge in [-0.15, -0.1) is 0 Å². The first-order valence-corrected chi connectivity index (χ1v) is 11.2. The van der Waals surface area contributed by atoms with Crippen LogP contribution in [0.25, 0.3) is 0 Å². The number of hydrogen-bond donors (Lipinski definition) is 2. The second-order valence-corrected chi connectivity index (χ2v) is 9.11. The number of aromatic carboxylic acids is 1. The van der Waals surface area contributed by atoms with Crippen molar-refractivity contribution in [2.24, 2.45) is 0 Å². The van der Waals surface area contributed by atoms with Crippen LogP contribution in [0.5, 0.6) is 11.5 Å². The first-order chi connectivity index (χ1) is 15.9. The Balaban J connectivity index is 2.24. The lowest BCUT2D eigenvalue weighted by molar-refractivity contribution is -0.153. The molecule has 3 aromatic rings. The number of hydrogen-bond acceptors (Lipinski definition) is 6. The maximum Gasteiger partial charge on any atom is 0.422 e. The second kappa shape index (κ2) is 9.64. The summed E-state index contributed by atoms with van der Waals surface area (Å²) >= 11 is 0. The minimum absolute atomic E-state index is 0.150. The molecular formula is C23H20F3NO6S. The van der Waals surface area contributed by atoms with Gasteiger partial charge in [0.25, 0.3) is 0 Å². The van der Waals surface area contributed by atoms with Crippen LogP contribution < -0.4 is 15.2 Å². The highest BCUT2D eigenvalue weighted by Gasteiger charge is 2.33. The molecule has 0 aliphatic carbocycles. The fraction of sp³-hybridized carbons (Fsp3) is 0.174. The molecule has 34 heavy (non-hydrogen) atoms. The number of carbonyl (C=O) groups is 1. The van der Waals surface area contributed by atoms with Crippen LogP contribution in [0.3, 0.4) is 0 Å². The number of anilines is 1. The number of benzene rings is 3. The van der Waals surface area contributed by atoms with E-state index in [9.17, 15) is 31.5 Å². The quantitative estimate of drug-likeness (QED) is 0.447. The highest BCUT2D eigenvalue weighted by Crippen LogP contribution is 2.40. The number of rotatable bonds is 8. The minimum Gasteiger partial charge on any atom is -0.497 e. The molecule has 0 aliphatic heterocycles. The lowest BCUT2D eigenvalue weighted by atomic mass is 9.97. The molecule has 0 aromatic heterocycles. The van der Waals surface area contributed by atoms with Gasteiger partial charge in [-0.05, 0) is 35.9 Å². The van der Waals surface area contributed by atoms with E-state index in [1.807, 2.05) is 0 Å². The van der Waals surface area contributed by atoms with Crippen molar-refractivity contribution in [3.63, 3.8) is 0 Å². The summed E-state index contributed by atoms with van der Waals surface area (Å²) < 4.78 is 75.3. The van der Waals surface area contributed by atoms with Crippen molar-refractivity contribution in [1.82, 2.24) is 0 Å². The zero-order valence-corrected chi connectivity index (χ0v) is 18.6. The SMILES string of the molecule is COc1ccc(S(=O)(=O)c2cc(C(=O)O)c(Cc3ccccc3)c(OCC(F)(F)F)c2N)cc1. The average Bonchev–Trinajstić information content (AvgIpc) is 2.78. The maximum atomic E-state index is 13.3. The van der Waals surface area contributed by atoms with Gasteiger partial charge in [0.1, 0.15) is 11.5 Å². The normalized spacial score (nSPS) is 11.8. The topological polar surface area (TPSA) is 116 Å². The summed E-state index contributed by atoms with van der Waals surface area (Å²) in [6.45, 7) is -1.79. The maximum absolute atomic E-state index is 13.3. The smallest absolute Gasteiger partial charge is 0.422 e. The predicted octanol–water partition coefficient (Wildman–Crippen LogP) is 4.34. The van der Waals surface area contributed by atoms with Crippen molar-refractivity contribution in [1.29, 1.82) is 0 Å². The van der Waals surface area contributed by atoms with E-state index in [4.69, 9.17) is 15.2 Å². The summed E-state index contributed by atoms with van der Waals surface area (Å²) in [5, 5.41) is 9.79. The summed E-state index contributed by atoms with van der Waals surface area (Å²) in [7, 11) is -3.04. The first kappa shape index (κ1) is 24.9. The molecule has 3 rings (SSSR count). The third-order valence-electron chi connectivity index (χ3n) is 4.88. The molecule has 0 unspecified atom stereocenters. The van der Waals surface area contributed by atoms with Crippen LogP contribution in [-0.4, -0.2) is 39.4 Å². The van der Waals surface area contributed by atoms with Gasteiger partial charge in [-0.25, -0.2) is 13.2 Å². The van der Waals surface area contributed by atoms with E-state index >= 15 is 0 Å². The standard InChI is InChI=1S/C23H20F3NO6S/c1-32-15-7-9-16(10-8-15)34(30,31)19-12-18(22(28)29)17(11-14-5-3-2-4-6-14)21(20(19)27)33-13-23(24,25)26/h2-10,12H,11,13,27H2,1H3,(H,28,29). The molecule has 3 aromatic carbocycles. The molecule has 0 radical (unpaired) electrons. The fourth-order valence-corrected chi connectivity index (χ4v) is 4.69. The van der Waals surface area contributed by atoms with E-state index in [0.717, 1.165) is 6.07 Å². The number of alkyl halides is 3. The van der Waals surface area contributed by atoms with Gasteiger partial charge in [0.2, 0.25) is 9.84 Å². The monoisotopic (exact) mass is 495 g/mol. The van der Waals surface area contributed by atoms with Gasteiger partial charge in [0.05, 0.1) is 28.2 Å². The lowest BCUT2D eigenvalue weighted by Crippen LogP contribution is -2.22. The van der Waals surface area contributed by atoms with E-state index in [1.165, 1.54) is 31.4 Å². The number of halogens is 3. The zero-order valence-electron chi connectivity index (χ0n) is 17.8. The van der Waals surface area contributed by atoms with Crippen LogP contribution in [0, 0.1) is 0 Å². The number of nitrogen functional groups attached to an aromatic ring is 1. The Morgan fingerprint density at radius 1 is 1.06 bits per heavy atom. The van der Waals surface area contributed by atoms with Gasteiger partial charge < -0.3 is 20.3 Å². The van der Waals surface area contributed by atoms with Crippen LogP contribution in [0.15, 0.2) is 70.5 Å². The summed E-state index contributed by atoms with van der Waals surface area (Å²) in [5.74, 6) is -1.83. The van der Waals surface area contributed by atoms with Crippen molar-refractivity contribution >= 4 is 21.5 Å². The highest BCUT2D eigenvalue weighted by molar-refractivity contribution is 7.91. The average molecular weight is 495 g/mol. The number of ether oxygens (including phenoxy) is 2. The second-order valence-electron chi connectivity index (χ2n) is 7.19. The van der Waals surface area contributed by atoms with E-state index in [2.05, 4.69) is 0 Å². The van der Waals surface area contributed by atoms with Gasteiger partial charge >= 0.3 is 12.1 Å². The van der Waals surface area contributed by atoms with E-state index in [0.29, 0.717) is 11.3 Å². The Bertz CT molecular complexity index is 1290. The molecule has 0 spiro atoms. The van der Waals surface area contributed by atoms with Gasteiger partial charge in [-0.2, -0.15) is 13.2 Å². The third-order valence-corrected chi connectivity index (χ3v) is 6.69.